The first-order chi connectivity index (χ1) is 17.7. The molecule has 0 atom stereocenters. The largest absolute Gasteiger partial charge is 0.493 e. The highest BCUT2D eigenvalue weighted by atomic mass is 79.9. The number of halogens is 1. The van der Waals surface area contributed by atoms with Crippen molar-refractivity contribution in [1.29, 1.82) is 0 Å². The first-order valence-electron chi connectivity index (χ1n) is 10.8. The maximum absolute atomic E-state index is 12.6. The quantitative estimate of drug-likeness (QED) is 0.176. The summed E-state index contributed by atoms with van der Waals surface area (Å²) in [5.41, 5.74) is 2.03. The Balaban J connectivity index is 1.81. The molecular formula is C24H21BrN4O8. The minimum atomic E-state index is -0.776. The van der Waals surface area contributed by atoms with Crippen molar-refractivity contribution in [2.75, 3.05) is 13.7 Å². The summed E-state index contributed by atoms with van der Waals surface area (Å²) >= 11 is 3.33. The summed E-state index contributed by atoms with van der Waals surface area (Å²) < 4.78 is 17.2. The van der Waals surface area contributed by atoms with Crippen LogP contribution in [0, 0.1) is 20.2 Å². The van der Waals surface area contributed by atoms with E-state index in [2.05, 4.69) is 26.5 Å². The molecule has 0 aliphatic rings. The lowest BCUT2D eigenvalue weighted by molar-refractivity contribution is -0.394. The average Bonchev–Trinajstić information content (AvgIpc) is 2.88. The van der Waals surface area contributed by atoms with Crippen molar-refractivity contribution in [2.45, 2.75) is 13.3 Å². The van der Waals surface area contributed by atoms with Crippen molar-refractivity contribution < 1.29 is 28.9 Å². The lowest BCUT2D eigenvalue weighted by Gasteiger charge is -2.11. The number of non-ortho nitro benzene ring substituents is 1. The van der Waals surface area contributed by atoms with Crippen LogP contribution in [0.4, 0.5) is 11.4 Å². The minimum absolute atomic E-state index is 0.164. The third-order valence-electron chi connectivity index (χ3n) is 4.80. The van der Waals surface area contributed by atoms with Crippen LogP contribution in [-0.4, -0.2) is 35.7 Å². The number of nitro groups is 2. The van der Waals surface area contributed by atoms with Gasteiger partial charge in [-0.2, -0.15) is 5.10 Å². The number of hydrazone groups is 1. The molecule has 0 bridgehead atoms. The Morgan fingerprint density at radius 3 is 2.41 bits per heavy atom. The molecule has 0 aliphatic carbocycles. The summed E-state index contributed by atoms with van der Waals surface area (Å²) in [6.07, 6.45) is 2.12. The molecule has 1 N–H and O–H groups in total. The molecule has 3 aromatic rings. The molecule has 3 rings (SSSR count). The Labute approximate surface area is 219 Å². The lowest BCUT2D eigenvalue weighted by atomic mass is 10.2. The second-order valence-corrected chi connectivity index (χ2v) is 8.28. The van der Waals surface area contributed by atoms with Crippen LogP contribution >= 0.6 is 15.9 Å². The Bertz CT molecular complexity index is 1360. The first-order valence-corrected chi connectivity index (χ1v) is 11.6. The fourth-order valence-electron chi connectivity index (χ4n) is 3.05. The van der Waals surface area contributed by atoms with E-state index in [-0.39, 0.29) is 17.1 Å². The monoisotopic (exact) mass is 572 g/mol. The molecule has 3 aromatic carbocycles. The maximum atomic E-state index is 12.6. The minimum Gasteiger partial charge on any atom is -0.493 e. The normalized spacial score (nSPS) is 10.7. The highest BCUT2D eigenvalue weighted by Crippen LogP contribution is 2.36. The van der Waals surface area contributed by atoms with Gasteiger partial charge in [0.05, 0.1) is 35.8 Å². The number of ether oxygens (including phenoxy) is 3. The van der Waals surface area contributed by atoms with E-state index in [4.69, 9.17) is 14.2 Å². The van der Waals surface area contributed by atoms with Gasteiger partial charge in [0.25, 0.3) is 11.6 Å². The number of benzene rings is 3. The lowest BCUT2D eigenvalue weighted by Crippen LogP contribution is -2.17. The number of hydrogen-bond donors (Lipinski definition) is 1. The van der Waals surface area contributed by atoms with Gasteiger partial charge < -0.3 is 14.2 Å². The molecule has 0 fully saturated rings. The van der Waals surface area contributed by atoms with E-state index >= 15 is 0 Å². The van der Waals surface area contributed by atoms with Crippen LogP contribution in [0.3, 0.4) is 0 Å². The fourth-order valence-corrected chi connectivity index (χ4v) is 3.42. The second-order valence-electron chi connectivity index (χ2n) is 7.36. The number of amides is 1. The van der Waals surface area contributed by atoms with Crippen LogP contribution in [0.2, 0.25) is 0 Å². The van der Waals surface area contributed by atoms with Gasteiger partial charge in [0.2, 0.25) is 5.75 Å². The van der Waals surface area contributed by atoms with Gasteiger partial charge in [-0.3, -0.25) is 25.0 Å². The molecule has 0 saturated heterocycles. The molecule has 1 amide bonds. The van der Waals surface area contributed by atoms with E-state index in [1.54, 1.807) is 24.3 Å². The number of methoxy groups -OCH3 is 1. The maximum Gasteiger partial charge on any atom is 0.318 e. The summed E-state index contributed by atoms with van der Waals surface area (Å²) in [6, 6.07) is 12.6. The molecule has 0 saturated carbocycles. The van der Waals surface area contributed by atoms with Crippen molar-refractivity contribution in [1.82, 2.24) is 5.43 Å². The van der Waals surface area contributed by atoms with E-state index in [1.165, 1.54) is 25.5 Å². The van der Waals surface area contributed by atoms with E-state index in [9.17, 15) is 25.0 Å². The Morgan fingerprint density at radius 1 is 1.00 bits per heavy atom. The van der Waals surface area contributed by atoms with Crippen LogP contribution in [0.25, 0.3) is 0 Å². The van der Waals surface area contributed by atoms with Crippen molar-refractivity contribution >= 4 is 39.4 Å². The van der Waals surface area contributed by atoms with Crippen molar-refractivity contribution in [3.63, 3.8) is 0 Å². The van der Waals surface area contributed by atoms with Crippen molar-refractivity contribution in [2.24, 2.45) is 5.10 Å². The zero-order valence-corrected chi connectivity index (χ0v) is 21.3. The fraction of sp³-hybridized carbons (Fsp3) is 0.167. The zero-order chi connectivity index (χ0) is 26.9. The smallest absolute Gasteiger partial charge is 0.318 e. The second kappa shape index (κ2) is 12.4. The van der Waals surface area contributed by atoms with Gasteiger partial charge in [-0.25, -0.2) is 5.43 Å². The first kappa shape index (κ1) is 27.1. The Morgan fingerprint density at radius 2 is 1.73 bits per heavy atom. The molecule has 0 aromatic heterocycles. The highest BCUT2D eigenvalue weighted by Gasteiger charge is 2.22. The van der Waals surface area contributed by atoms with Gasteiger partial charge >= 0.3 is 5.69 Å². The number of rotatable bonds is 11. The molecule has 0 heterocycles. The van der Waals surface area contributed by atoms with Gasteiger partial charge in [-0.15, -0.1) is 0 Å². The van der Waals surface area contributed by atoms with Gasteiger partial charge in [0.15, 0.2) is 11.5 Å². The average molecular weight is 573 g/mol. The van der Waals surface area contributed by atoms with Gasteiger partial charge in [0.1, 0.15) is 5.75 Å². The van der Waals surface area contributed by atoms with Crippen LogP contribution in [0.15, 0.2) is 64.2 Å². The number of nitrogens with one attached hydrogen (secondary N) is 1. The molecule has 0 radical (unpaired) electrons. The number of hydrogen-bond acceptors (Lipinski definition) is 9. The summed E-state index contributed by atoms with van der Waals surface area (Å²) in [5.74, 6) is 0.365. The molecule has 0 aliphatic heterocycles. The number of nitro benzene ring substituents is 2. The number of carbonyl (C=O) groups is 1. The van der Waals surface area contributed by atoms with E-state index < -0.39 is 27.1 Å². The summed E-state index contributed by atoms with van der Waals surface area (Å²) in [7, 11) is 1.47. The van der Waals surface area contributed by atoms with Gasteiger partial charge in [-0.05, 0) is 48.9 Å². The van der Waals surface area contributed by atoms with Crippen molar-refractivity contribution in [3.05, 3.63) is 90.4 Å². The van der Waals surface area contributed by atoms with E-state index in [0.717, 1.165) is 24.6 Å². The SMILES string of the molecule is CCCOc1ccc(C(=O)N/N=C/c2cc(Br)ccc2Oc2ccc([N+](=O)[O-])cc2[N+](=O)[O-])cc1OC. The summed E-state index contributed by atoms with van der Waals surface area (Å²) in [4.78, 5) is 33.5. The molecule has 37 heavy (non-hydrogen) atoms. The standard InChI is InChI=1S/C24H21BrN4O8/c1-3-10-36-22-7-4-15(12-23(22)35-2)24(30)27-26-14-16-11-17(25)5-8-20(16)37-21-9-6-18(28(31)32)13-19(21)29(33)34/h4-9,11-14H,3,10H2,1-2H3,(H,27,30)/b26-14+. The molecule has 0 unspecified atom stereocenters. The Hall–Kier alpha value is -4.52. The molecular weight excluding hydrogens is 552 g/mol. The number of nitrogens with zero attached hydrogens (tertiary/aromatic N) is 3. The topological polar surface area (TPSA) is 155 Å². The van der Waals surface area contributed by atoms with Crippen molar-refractivity contribution in [3.8, 4) is 23.0 Å². The van der Waals surface area contributed by atoms with Crippen LogP contribution in [0.1, 0.15) is 29.3 Å². The predicted octanol–water partition coefficient (Wildman–Crippen LogP) is 5.62. The molecule has 12 nitrogen and oxygen atoms in total. The highest BCUT2D eigenvalue weighted by molar-refractivity contribution is 9.10. The molecule has 192 valence electrons. The zero-order valence-electron chi connectivity index (χ0n) is 19.7. The molecule has 0 spiro atoms. The number of carbonyl (C=O) groups excluding carboxylic acids is 1. The van der Waals surface area contributed by atoms with Gasteiger partial charge in [-0.1, -0.05) is 22.9 Å². The van der Waals surface area contributed by atoms with Crippen LogP contribution in [-0.2, 0) is 0 Å². The van der Waals surface area contributed by atoms with Crippen LogP contribution < -0.4 is 19.6 Å². The summed E-state index contributed by atoms with van der Waals surface area (Å²) in [5, 5.41) is 26.4. The van der Waals surface area contributed by atoms with Gasteiger partial charge in [0, 0.05) is 21.7 Å². The molecule has 13 heteroatoms. The summed E-state index contributed by atoms with van der Waals surface area (Å²) in [6.45, 7) is 2.48. The van der Waals surface area contributed by atoms with Crippen LogP contribution in [0.5, 0.6) is 23.0 Å². The van der Waals surface area contributed by atoms with E-state index in [0.29, 0.717) is 28.1 Å². The third-order valence-corrected chi connectivity index (χ3v) is 5.29. The Kier molecular flexibility index (Phi) is 9.11. The third kappa shape index (κ3) is 7.01. The predicted molar refractivity (Wildman–Crippen MR) is 138 cm³/mol. The van der Waals surface area contributed by atoms with E-state index in [1.807, 2.05) is 6.92 Å².